The molecule has 31 heavy (non-hydrogen) atoms. The molecule has 3 aromatic rings. The third kappa shape index (κ3) is 6.28. The summed E-state index contributed by atoms with van der Waals surface area (Å²) in [4.78, 5) is 13.8. The summed E-state index contributed by atoms with van der Waals surface area (Å²) in [5.74, 6) is -0.310. The van der Waals surface area contributed by atoms with E-state index in [0.29, 0.717) is 28.7 Å². The highest BCUT2D eigenvalue weighted by Gasteiger charge is 2.22. The van der Waals surface area contributed by atoms with Crippen molar-refractivity contribution >= 4 is 41.3 Å². The number of nitrogens with one attached hydrogen (secondary N) is 1. The van der Waals surface area contributed by atoms with Crippen molar-refractivity contribution in [2.24, 2.45) is 0 Å². The molecule has 8 heteroatoms. The zero-order chi connectivity index (χ0) is 22.6. The first kappa shape index (κ1) is 23.2. The molecule has 0 aliphatic heterocycles. The van der Waals surface area contributed by atoms with Gasteiger partial charge in [-0.2, -0.15) is 0 Å². The summed E-state index contributed by atoms with van der Waals surface area (Å²) in [6.45, 7) is 5.06. The fourth-order valence-electron chi connectivity index (χ4n) is 2.88. The van der Waals surface area contributed by atoms with Gasteiger partial charge in [0, 0.05) is 22.4 Å². The van der Waals surface area contributed by atoms with Crippen LogP contribution in [-0.2, 0) is 9.09 Å². The number of hydrogen-bond donors (Lipinski definition) is 3. The lowest BCUT2D eigenvalue weighted by molar-refractivity contribution is 0.0563. The molecule has 0 aliphatic carbocycles. The Morgan fingerprint density at radius 2 is 1.90 bits per heavy atom. The van der Waals surface area contributed by atoms with Crippen LogP contribution in [0.2, 0.25) is 0 Å². The number of carbonyl (C=O) groups is 1. The summed E-state index contributed by atoms with van der Waals surface area (Å²) in [7, 11) is -3.05. The highest BCUT2D eigenvalue weighted by molar-refractivity contribution is 7.66. The smallest absolute Gasteiger partial charge is 0.255 e. The summed E-state index contributed by atoms with van der Waals surface area (Å²) in [5.41, 5.74) is 7.57. The lowest BCUT2D eigenvalue weighted by Crippen LogP contribution is -2.21. The van der Waals surface area contributed by atoms with Crippen LogP contribution in [0.5, 0.6) is 0 Å². The quantitative estimate of drug-likeness (QED) is 0.327. The molecule has 1 amide bonds. The van der Waals surface area contributed by atoms with Gasteiger partial charge in [-0.15, -0.1) is 11.3 Å². The first-order chi connectivity index (χ1) is 14.5. The Morgan fingerprint density at radius 1 is 1.19 bits per heavy atom. The van der Waals surface area contributed by atoms with Crippen LogP contribution < -0.4 is 16.4 Å². The van der Waals surface area contributed by atoms with Crippen molar-refractivity contribution < 1.29 is 19.0 Å². The minimum atomic E-state index is -3.05. The first-order valence-electron chi connectivity index (χ1n) is 9.85. The molecule has 0 spiro atoms. The summed E-state index contributed by atoms with van der Waals surface area (Å²) >= 11 is 1.61. The Balaban J connectivity index is 1.69. The maximum atomic E-state index is 12.8. The number of carbonyl (C=O) groups excluding carboxylic acids is 1. The molecule has 0 fully saturated rings. The van der Waals surface area contributed by atoms with E-state index in [4.69, 9.17) is 10.3 Å². The monoisotopic (exact) mass is 458 g/mol. The van der Waals surface area contributed by atoms with E-state index < -0.39 is 13.0 Å². The van der Waals surface area contributed by atoms with Gasteiger partial charge in [0.2, 0.25) is 7.37 Å². The fraction of sp³-hybridized carbons (Fsp3) is 0.261. The topological polar surface area (TPSA) is 102 Å². The average Bonchev–Trinajstić information content (AvgIpc) is 3.23. The van der Waals surface area contributed by atoms with Crippen molar-refractivity contribution in [3.8, 4) is 10.4 Å². The normalized spacial score (nSPS) is 13.5. The minimum Gasteiger partial charge on any atom is -0.397 e. The lowest BCUT2D eigenvalue weighted by atomic mass is 10.1. The van der Waals surface area contributed by atoms with Crippen molar-refractivity contribution in [2.45, 2.75) is 25.9 Å². The molecule has 164 valence electrons. The molecule has 0 bridgehead atoms. The van der Waals surface area contributed by atoms with Crippen LogP contribution >= 0.6 is 18.7 Å². The molecule has 3 rings (SSSR count). The molecule has 0 saturated heterocycles. The van der Waals surface area contributed by atoms with Gasteiger partial charge in [-0.1, -0.05) is 12.1 Å². The SMILES string of the molecule is CC(C)(O)CCOP(C)(=O)c1ccc(C(=O)Nc2cc(-c3cccs3)ccc2N)cc1. The van der Waals surface area contributed by atoms with Crippen LogP contribution in [0.1, 0.15) is 30.6 Å². The number of nitrogens with two attached hydrogens (primary N) is 1. The van der Waals surface area contributed by atoms with E-state index in [1.807, 2.05) is 29.6 Å². The minimum absolute atomic E-state index is 0.180. The summed E-state index contributed by atoms with van der Waals surface area (Å²) in [6.07, 6.45) is 0.372. The number of anilines is 2. The van der Waals surface area contributed by atoms with Crippen molar-refractivity contribution in [2.75, 3.05) is 24.3 Å². The molecule has 2 aromatic carbocycles. The molecule has 0 radical (unpaired) electrons. The summed E-state index contributed by atoms with van der Waals surface area (Å²) in [6, 6.07) is 16.0. The van der Waals surface area contributed by atoms with E-state index in [1.54, 1.807) is 55.5 Å². The van der Waals surface area contributed by atoms with Crippen LogP contribution in [-0.4, -0.2) is 29.9 Å². The third-order valence-corrected chi connectivity index (χ3v) is 7.59. The largest absolute Gasteiger partial charge is 0.397 e. The number of aliphatic hydroxyl groups is 1. The molecular weight excluding hydrogens is 431 g/mol. The van der Waals surface area contributed by atoms with E-state index in [-0.39, 0.29) is 12.5 Å². The van der Waals surface area contributed by atoms with Crippen molar-refractivity contribution in [1.82, 2.24) is 0 Å². The van der Waals surface area contributed by atoms with Crippen molar-refractivity contribution in [3.05, 3.63) is 65.5 Å². The number of benzene rings is 2. The molecule has 1 heterocycles. The van der Waals surface area contributed by atoms with Crippen LogP contribution in [0.15, 0.2) is 60.0 Å². The van der Waals surface area contributed by atoms with Crippen LogP contribution in [0.3, 0.4) is 0 Å². The summed E-state index contributed by atoms with van der Waals surface area (Å²) < 4.78 is 18.4. The van der Waals surface area contributed by atoms with Gasteiger partial charge in [-0.05, 0) is 73.7 Å². The maximum Gasteiger partial charge on any atom is 0.255 e. The second-order valence-corrected chi connectivity index (χ2v) is 11.4. The number of hydrogen-bond acceptors (Lipinski definition) is 6. The zero-order valence-electron chi connectivity index (χ0n) is 17.8. The Kier molecular flexibility index (Phi) is 7.02. The van der Waals surface area contributed by atoms with Gasteiger partial charge in [-0.3, -0.25) is 9.36 Å². The van der Waals surface area contributed by atoms with Gasteiger partial charge >= 0.3 is 0 Å². The number of rotatable bonds is 8. The summed E-state index contributed by atoms with van der Waals surface area (Å²) in [5, 5.41) is 15.1. The number of amides is 1. The molecule has 4 N–H and O–H groups in total. The molecule has 6 nitrogen and oxygen atoms in total. The zero-order valence-corrected chi connectivity index (χ0v) is 19.5. The first-order valence-corrected chi connectivity index (χ1v) is 12.8. The fourth-order valence-corrected chi connectivity index (χ4v) is 4.89. The van der Waals surface area contributed by atoms with Crippen molar-refractivity contribution in [3.63, 3.8) is 0 Å². The van der Waals surface area contributed by atoms with Gasteiger partial charge in [-0.25, -0.2) is 0 Å². The molecule has 0 saturated carbocycles. The molecule has 1 aromatic heterocycles. The standard InChI is InChI=1S/C23H27N2O4PS/c1-23(2,27)12-13-29-30(3,28)18-9-6-16(7-10-18)22(26)25-20-15-17(8-11-19(20)24)21-5-4-14-31-21/h4-11,14-15,27H,12-13,24H2,1-3H3,(H,25,26). The van der Waals surface area contributed by atoms with Crippen molar-refractivity contribution in [1.29, 1.82) is 0 Å². The van der Waals surface area contributed by atoms with Crippen LogP contribution in [0, 0.1) is 0 Å². The highest BCUT2D eigenvalue weighted by Crippen LogP contribution is 2.41. The Labute approximate surface area is 186 Å². The molecule has 1 unspecified atom stereocenters. The third-order valence-electron chi connectivity index (χ3n) is 4.76. The predicted molar refractivity (Wildman–Crippen MR) is 129 cm³/mol. The van der Waals surface area contributed by atoms with Crippen LogP contribution in [0.25, 0.3) is 10.4 Å². The Morgan fingerprint density at radius 3 is 2.52 bits per heavy atom. The predicted octanol–water partition coefficient (Wildman–Crippen LogP) is 4.96. The van der Waals surface area contributed by atoms with Gasteiger partial charge in [0.25, 0.3) is 5.91 Å². The highest BCUT2D eigenvalue weighted by atomic mass is 32.1. The molecule has 0 aliphatic rings. The molecule has 1 atom stereocenters. The number of thiophene rings is 1. The lowest BCUT2D eigenvalue weighted by Gasteiger charge is -2.19. The Bertz CT molecular complexity index is 1090. The van der Waals surface area contributed by atoms with Gasteiger partial charge in [0.05, 0.1) is 23.6 Å². The van der Waals surface area contributed by atoms with Gasteiger partial charge in [0.1, 0.15) is 0 Å². The second kappa shape index (κ2) is 9.37. The second-order valence-electron chi connectivity index (χ2n) is 8.02. The molecular formula is C23H27N2O4PS. The Hall–Kier alpha value is -2.44. The van der Waals surface area contributed by atoms with Crippen LogP contribution in [0.4, 0.5) is 11.4 Å². The average molecular weight is 459 g/mol. The van der Waals surface area contributed by atoms with Gasteiger partial charge < -0.3 is 20.7 Å². The van der Waals surface area contributed by atoms with E-state index in [0.717, 1.165) is 10.4 Å². The maximum absolute atomic E-state index is 12.8. The van der Waals surface area contributed by atoms with E-state index in [1.165, 1.54) is 6.66 Å². The van der Waals surface area contributed by atoms with Gasteiger partial charge in [0.15, 0.2) is 0 Å². The van der Waals surface area contributed by atoms with E-state index in [2.05, 4.69) is 5.32 Å². The van der Waals surface area contributed by atoms with E-state index in [9.17, 15) is 14.5 Å². The van der Waals surface area contributed by atoms with E-state index >= 15 is 0 Å². The number of nitrogen functional groups attached to an aromatic ring is 1.